The Labute approximate surface area is 127 Å². The summed E-state index contributed by atoms with van der Waals surface area (Å²) in [6.45, 7) is 6.78. The molecule has 2 N–H and O–H groups in total. The maximum absolute atomic E-state index is 11.9. The van der Waals surface area contributed by atoms with Crippen LogP contribution in [0.25, 0.3) is 0 Å². The first-order valence-electron chi connectivity index (χ1n) is 6.42. The highest BCUT2D eigenvalue weighted by Gasteiger charge is 2.19. The number of alkyl carbamates (subject to hydrolysis) is 1. The van der Waals surface area contributed by atoms with E-state index in [4.69, 9.17) is 4.74 Å². The van der Waals surface area contributed by atoms with Crippen LogP contribution in [0.2, 0.25) is 0 Å². The van der Waals surface area contributed by atoms with Crippen molar-refractivity contribution in [2.75, 3.05) is 6.54 Å². The van der Waals surface area contributed by atoms with Crippen molar-refractivity contribution in [2.45, 2.75) is 38.2 Å². The van der Waals surface area contributed by atoms with Gasteiger partial charge in [-0.05, 0) is 39.8 Å². The molecule has 1 aromatic rings. The summed E-state index contributed by atoms with van der Waals surface area (Å²) in [6.07, 6.45) is -0.696. The molecule has 0 saturated heterocycles. The molecular weight excluding hydrogens is 292 g/mol. The van der Waals surface area contributed by atoms with Crippen LogP contribution >= 0.6 is 0 Å². The molecule has 0 spiro atoms. The lowest BCUT2D eigenvalue weighted by atomic mass is 10.2. The number of carbonyl (C=O) groups is 2. The molecule has 7 heteroatoms. The van der Waals surface area contributed by atoms with Crippen LogP contribution in [0, 0.1) is 6.92 Å². The molecule has 0 saturated carbocycles. The first-order chi connectivity index (χ1) is 9.67. The number of nitrogens with one attached hydrogen (secondary N) is 2. The smallest absolute Gasteiger partial charge is 0.408 e. The fourth-order valence-electron chi connectivity index (χ4n) is 1.33. The van der Waals surface area contributed by atoms with Gasteiger partial charge in [0.2, 0.25) is 0 Å². The van der Waals surface area contributed by atoms with Gasteiger partial charge in [0.15, 0.2) is 4.90 Å². The van der Waals surface area contributed by atoms with Gasteiger partial charge < -0.3 is 14.6 Å². The average molecular weight is 312 g/mol. The molecule has 6 nitrogen and oxygen atoms in total. The fourth-order valence-corrected chi connectivity index (χ4v) is 2.11. The van der Waals surface area contributed by atoms with Crippen molar-refractivity contribution in [1.29, 1.82) is 0 Å². The molecule has 2 amide bonds. The van der Waals surface area contributed by atoms with Gasteiger partial charge in [0.05, 0.1) is 0 Å². The van der Waals surface area contributed by atoms with E-state index >= 15 is 0 Å². The van der Waals surface area contributed by atoms with Crippen LogP contribution in [-0.4, -0.2) is 28.7 Å². The Balaban J connectivity index is 2.40. The molecule has 1 rings (SSSR count). The predicted octanol–water partition coefficient (Wildman–Crippen LogP) is 1.66. The summed E-state index contributed by atoms with van der Waals surface area (Å²) >= 11 is -1.65. The van der Waals surface area contributed by atoms with Crippen LogP contribution in [0.15, 0.2) is 29.2 Å². The van der Waals surface area contributed by atoms with Crippen molar-refractivity contribution in [2.24, 2.45) is 0 Å². The second-order valence-electron chi connectivity index (χ2n) is 5.46. The maximum Gasteiger partial charge on any atom is 0.408 e. The predicted molar refractivity (Wildman–Crippen MR) is 80.0 cm³/mol. The van der Waals surface area contributed by atoms with E-state index in [1.54, 1.807) is 45.0 Å². The van der Waals surface area contributed by atoms with Gasteiger partial charge in [-0.15, -0.1) is 0 Å². The highest BCUT2D eigenvalue weighted by atomic mass is 32.2. The van der Waals surface area contributed by atoms with Crippen LogP contribution in [0.3, 0.4) is 0 Å². The zero-order chi connectivity index (χ0) is 16.0. The second-order valence-corrected chi connectivity index (χ2v) is 6.68. The van der Waals surface area contributed by atoms with Crippen molar-refractivity contribution in [3.63, 3.8) is 0 Å². The lowest BCUT2D eigenvalue weighted by molar-refractivity contribution is -0.118. The Morgan fingerprint density at radius 2 is 1.81 bits per heavy atom. The summed E-state index contributed by atoms with van der Waals surface area (Å²) in [5.74, 6) is -0.556. The molecule has 0 radical (unpaired) electrons. The number of hydrogen-bond donors (Lipinski definition) is 2. The summed E-state index contributed by atoms with van der Waals surface area (Å²) in [5.41, 5.74) is 0.402. The number of benzene rings is 1. The summed E-state index contributed by atoms with van der Waals surface area (Å²) in [5, 5.41) is 2.30. The Bertz CT molecular complexity index is 497. The number of carbonyl (C=O) groups excluding carboxylic acids is 2. The average Bonchev–Trinajstić information content (AvgIpc) is 2.35. The summed E-state index contributed by atoms with van der Waals surface area (Å²) in [4.78, 5) is 23.4. The maximum atomic E-state index is 11.9. The number of rotatable bonds is 4. The van der Waals surface area contributed by atoms with Gasteiger partial charge in [-0.1, -0.05) is 17.7 Å². The molecule has 0 aromatic heterocycles. The summed E-state index contributed by atoms with van der Waals surface area (Å²) in [6, 6.07) is 6.96. The third-order valence-electron chi connectivity index (χ3n) is 2.23. The van der Waals surface area contributed by atoms with E-state index in [1.165, 1.54) is 0 Å². The van der Waals surface area contributed by atoms with Crippen molar-refractivity contribution < 1.29 is 18.9 Å². The first-order valence-corrected chi connectivity index (χ1v) is 7.57. The molecule has 116 valence electrons. The monoisotopic (exact) mass is 312 g/mol. The largest absolute Gasteiger partial charge is 0.588 e. The number of hydrogen-bond acceptors (Lipinski definition) is 4. The second kappa shape index (κ2) is 7.33. The van der Waals surface area contributed by atoms with E-state index < -0.39 is 29.0 Å². The summed E-state index contributed by atoms with van der Waals surface area (Å²) in [7, 11) is 0. The van der Waals surface area contributed by atoms with Gasteiger partial charge >= 0.3 is 6.09 Å². The Morgan fingerprint density at radius 3 is 2.33 bits per heavy atom. The molecule has 0 aliphatic heterocycles. The lowest BCUT2D eigenvalue weighted by Crippen LogP contribution is -2.41. The minimum atomic E-state index is -1.65. The molecule has 0 bridgehead atoms. The van der Waals surface area contributed by atoms with Crippen molar-refractivity contribution >= 4 is 23.4 Å². The number of aryl methyl sites for hydroxylation is 1. The van der Waals surface area contributed by atoms with Crippen molar-refractivity contribution in [3.8, 4) is 0 Å². The molecular formula is C14H20N2O4S. The summed E-state index contributed by atoms with van der Waals surface area (Å²) < 4.78 is 19.2. The molecule has 0 unspecified atom stereocenters. The van der Waals surface area contributed by atoms with Gasteiger partial charge in [-0.3, -0.25) is 4.79 Å². The third kappa shape index (κ3) is 7.01. The molecule has 0 heterocycles. The van der Waals surface area contributed by atoms with Crippen LogP contribution in [0.1, 0.15) is 26.3 Å². The molecule has 0 fully saturated rings. The van der Waals surface area contributed by atoms with Crippen LogP contribution in [-0.2, 0) is 20.9 Å². The van der Waals surface area contributed by atoms with Gasteiger partial charge in [0.1, 0.15) is 23.5 Å². The molecule has 1 atom stereocenters. The van der Waals surface area contributed by atoms with Crippen molar-refractivity contribution in [1.82, 2.24) is 10.0 Å². The van der Waals surface area contributed by atoms with Gasteiger partial charge in [-0.2, -0.15) is 4.72 Å². The molecule has 0 aliphatic rings. The van der Waals surface area contributed by atoms with Gasteiger partial charge in [0.25, 0.3) is 5.91 Å². The fraction of sp³-hybridized carbons (Fsp3) is 0.429. The highest BCUT2D eigenvalue weighted by molar-refractivity contribution is 7.90. The molecule has 0 aliphatic carbocycles. The number of amides is 2. The van der Waals surface area contributed by atoms with Crippen LogP contribution < -0.4 is 10.0 Å². The van der Waals surface area contributed by atoms with E-state index in [9.17, 15) is 14.1 Å². The Hall–Kier alpha value is -1.73. The molecule has 1 aromatic carbocycles. The Kier molecular flexibility index (Phi) is 6.04. The zero-order valence-corrected chi connectivity index (χ0v) is 13.4. The van der Waals surface area contributed by atoms with E-state index in [0.29, 0.717) is 4.90 Å². The minimum Gasteiger partial charge on any atom is -0.588 e. The first kappa shape index (κ1) is 17.3. The zero-order valence-electron chi connectivity index (χ0n) is 12.6. The third-order valence-corrected chi connectivity index (χ3v) is 3.35. The topological polar surface area (TPSA) is 90.5 Å². The number of ether oxygens (including phenoxy) is 1. The van der Waals surface area contributed by atoms with Gasteiger partial charge in [0, 0.05) is 0 Å². The normalized spacial score (nSPS) is 12.4. The standard InChI is InChI=1S/C14H20N2O4S/c1-10-5-7-11(8-6-10)21(19)16-12(17)9-15-13(18)20-14(2,3)4/h5-8H,9H2,1-4H3,(H,15,18)(H,16,17)/t21-/m0/s1. The van der Waals surface area contributed by atoms with E-state index in [1.807, 2.05) is 6.92 Å². The lowest BCUT2D eigenvalue weighted by Gasteiger charge is -2.19. The molecule has 21 heavy (non-hydrogen) atoms. The van der Waals surface area contributed by atoms with Crippen LogP contribution in [0.4, 0.5) is 4.79 Å². The quantitative estimate of drug-likeness (QED) is 0.827. The van der Waals surface area contributed by atoms with E-state index in [2.05, 4.69) is 10.0 Å². The van der Waals surface area contributed by atoms with Crippen LogP contribution in [0.5, 0.6) is 0 Å². The highest BCUT2D eigenvalue weighted by Crippen LogP contribution is 2.09. The minimum absolute atomic E-state index is 0.299. The van der Waals surface area contributed by atoms with Crippen molar-refractivity contribution in [3.05, 3.63) is 29.8 Å². The van der Waals surface area contributed by atoms with Gasteiger partial charge in [-0.25, -0.2) is 4.79 Å². The van der Waals surface area contributed by atoms with E-state index in [0.717, 1.165) is 5.56 Å². The SMILES string of the molecule is Cc1ccc([S@+]([O-])NC(=O)CNC(=O)OC(C)(C)C)cc1. The Morgan fingerprint density at radius 1 is 1.24 bits per heavy atom. The van der Waals surface area contributed by atoms with E-state index in [-0.39, 0.29) is 6.54 Å².